The maximum Gasteiger partial charge on any atom is 0.0846 e. The first kappa shape index (κ1) is 14.4. The predicted molar refractivity (Wildman–Crippen MR) is 90.4 cm³/mol. The lowest BCUT2D eigenvalue weighted by Crippen LogP contribution is -1.96. The van der Waals surface area contributed by atoms with E-state index in [1.54, 1.807) is 0 Å². The molecule has 1 unspecified atom stereocenters. The van der Waals surface area contributed by atoms with E-state index >= 15 is 0 Å². The molecule has 0 aliphatic rings. The van der Waals surface area contributed by atoms with Crippen molar-refractivity contribution in [1.29, 1.82) is 0 Å². The summed E-state index contributed by atoms with van der Waals surface area (Å²) in [5, 5.41) is -0.0969. The van der Waals surface area contributed by atoms with Gasteiger partial charge in [0.05, 0.1) is 5.38 Å². The quantitative estimate of drug-likeness (QED) is 0.413. The molecule has 1 atom stereocenters. The van der Waals surface area contributed by atoms with Gasteiger partial charge >= 0.3 is 0 Å². The van der Waals surface area contributed by atoms with E-state index in [1.807, 2.05) is 6.07 Å². The Kier molecular flexibility index (Phi) is 5.10. The maximum absolute atomic E-state index is 6.58. The molecular weight excluding hydrogens is 422 g/mol. The summed E-state index contributed by atoms with van der Waals surface area (Å²) in [6.07, 6.45) is 1.06. The zero-order valence-corrected chi connectivity index (χ0v) is 14.5. The molecule has 0 bridgehead atoms. The predicted octanol–water partition coefficient (Wildman–Crippen LogP) is 5.94. The van der Waals surface area contributed by atoms with Gasteiger partial charge in [-0.1, -0.05) is 47.1 Å². The molecule has 0 aliphatic carbocycles. The highest BCUT2D eigenvalue weighted by Crippen LogP contribution is 2.33. The van der Waals surface area contributed by atoms with Crippen molar-refractivity contribution in [2.24, 2.45) is 0 Å². The van der Waals surface area contributed by atoms with Gasteiger partial charge in [-0.3, -0.25) is 0 Å². The Labute approximate surface area is 135 Å². The first-order valence-corrected chi connectivity index (χ1v) is 8.10. The minimum Gasteiger partial charge on any atom is -0.113 e. The van der Waals surface area contributed by atoms with Crippen LogP contribution in [0.4, 0.5) is 0 Å². The first-order valence-electron chi connectivity index (χ1n) is 5.79. The third-order valence-electron chi connectivity index (χ3n) is 2.91. The second kappa shape index (κ2) is 6.40. The highest BCUT2D eigenvalue weighted by Gasteiger charge is 2.14. The van der Waals surface area contributed by atoms with Crippen LogP contribution in [0.1, 0.15) is 29.0 Å². The average Bonchev–Trinajstić information content (AvgIpc) is 2.41. The Morgan fingerprint density at radius 1 is 1.17 bits per heavy atom. The molecule has 0 fully saturated rings. The summed E-state index contributed by atoms with van der Waals surface area (Å²) >= 11 is 12.4. The first-order chi connectivity index (χ1) is 8.61. The van der Waals surface area contributed by atoms with E-state index in [-0.39, 0.29) is 5.38 Å². The zero-order valence-electron chi connectivity index (χ0n) is 9.96. The highest BCUT2D eigenvalue weighted by atomic mass is 127. The fourth-order valence-corrected chi connectivity index (χ4v) is 3.35. The van der Waals surface area contributed by atoms with Crippen LogP contribution in [0.2, 0.25) is 0 Å². The fraction of sp³-hybridized carbons (Fsp3) is 0.200. The van der Waals surface area contributed by atoms with E-state index in [0.717, 1.165) is 22.0 Å². The second-order valence-corrected chi connectivity index (χ2v) is 6.64. The number of alkyl halides is 1. The van der Waals surface area contributed by atoms with Crippen molar-refractivity contribution in [1.82, 2.24) is 0 Å². The third-order valence-corrected chi connectivity index (χ3v) is 4.87. The van der Waals surface area contributed by atoms with E-state index in [4.69, 9.17) is 11.6 Å². The molecular formula is C15H13BrClI. The minimum absolute atomic E-state index is 0.0969. The molecule has 0 aliphatic heterocycles. The highest BCUT2D eigenvalue weighted by molar-refractivity contribution is 14.1. The standard InChI is InChI=1S/C15H13BrClI/c1-2-10-3-5-11(6-4-10)15(17)13-9-12(16)7-8-14(13)18/h3-9,15H,2H2,1H3. The van der Waals surface area contributed by atoms with Gasteiger partial charge < -0.3 is 0 Å². The SMILES string of the molecule is CCc1ccc(C(Cl)c2cc(Br)ccc2I)cc1. The lowest BCUT2D eigenvalue weighted by molar-refractivity contribution is 1.09. The number of benzene rings is 2. The number of aryl methyl sites for hydroxylation is 1. The van der Waals surface area contributed by atoms with Crippen molar-refractivity contribution >= 4 is 50.1 Å². The average molecular weight is 436 g/mol. The number of halogens is 3. The molecule has 0 radical (unpaired) electrons. The van der Waals surface area contributed by atoms with Crippen LogP contribution in [0.15, 0.2) is 46.9 Å². The van der Waals surface area contributed by atoms with Gasteiger partial charge in [0.15, 0.2) is 0 Å². The van der Waals surface area contributed by atoms with Crippen LogP contribution < -0.4 is 0 Å². The zero-order chi connectivity index (χ0) is 13.1. The van der Waals surface area contributed by atoms with Gasteiger partial charge in [0.1, 0.15) is 0 Å². The van der Waals surface area contributed by atoms with E-state index in [1.165, 1.54) is 9.13 Å². The van der Waals surface area contributed by atoms with Crippen molar-refractivity contribution in [3.8, 4) is 0 Å². The Hall–Kier alpha value is -0.0600. The molecule has 0 heterocycles. The molecule has 18 heavy (non-hydrogen) atoms. The molecule has 0 spiro atoms. The molecule has 0 N–H and O–H groups in total. The van der Waals surface area contributed by atoms with Gasteiger partial charge in [-0.2, -0.15) is 0 Å². The molecule has 0 amide bonds. The molecule has 2 rings (SSSR count). The summed E-state index contributed by atoms with van der Waals surface area (Å²) in [5.41, 5.74) is 3.63. The summed E-state index contributed by atoms with van der Waals surface area (Å²) in [6, 6.07) is 14.7. The number of hydrogen-bond donors (Lipinski definition) is 0. The van der Waals surface area contributed by atoms with Gasteiger partial charge in [0.25, 0.3) is 0 Å². The molecule has 94 valence electrons. The lowest BCUT2D eigenvalue weighted by atomic mass is 10.0. The van der Waals surface area contributed by atoms with Crippen molar-refractivity contribution in [3.63, 3.8) is 0 Å². The second-order valence-electron chi connectivity index (χ2n) is 4.12. The Morgan fingerprint density at radius 2 is 1.83 bits per heavy atom. The topological polar surface area (TPSA) is 0 Å². The summed E-state index contributed by atoms with van der Waals surface area (Å²) in [6.45, 7) is 2.16. The normalized spacial score (nSPS) is 12.4. The summed E-state index contributed by atoms with van der Waals surface area (Å²) in [4.78, 5) is 0. The molecule has 2 aromatic carbocycles. The van der Waals surface area contributed by atoms with Crippen molar-refractivity contribution in [2.75, 3.05) is 0 Å². The van der Waals surface area contributed by atoms with Crippen molar-refractivity contribution in [2.45, 2.75) is 18.7 Å². The fourth-order valence-electron chi connectivity index (χ4n) is 1.81. The van der Waals surface area contributed by atoms with Crippen LogP contribution >= 0.6 is 50.1 Å². The Bertz CT molecular complexity index is 537. The molecule has 0 saturated heterocycles. The lowest BCUT2D eigenvalue weighted by Gasteiger charge is -2.13. The van der Waals surface area contributed by atoms with Gasteiger partial charge in [-0.05, 0) is 63.9 Å². The Morgan fingerprint density at radius 3 is 2.44 bits per heavy atom. The maximum atomic E-state index is 6.58. The largest absolute Gasteiger partial charge is 0.113 e. The van der Waals surface area contributed by atoms with Gasteiger partial charge in [-0.25, -0.2) is 0 Å². The van der Waals surface area contributed by atoms with Crippen LogP contribution in [-0.2, 0) is 6.42 Å². The van der Waals surface area contributed by atoms with Crippen LogP contribution in [0, 0.1) is 3.57 Å². The van der Waals surface area contributed by atoms with E-state index in [2.05, 4.69) is 81.8 Å². The number of hydrogen-bond acceptors (Lipinski definition) is 0. The Balaban J connectivity index is 2.34. The molecule has 0 aromatic heterocycles. The smallest absolute Gasteiger partial charge is 0.0846 e. The van der Waals surface area contributed by atoms with Crippen LogP contribution in [0.3, 0.4) is 0 Å². The van der Waals surface area contributed by atoms with Crippen molar-refractivity contribution in [3.05, 3.63) is 67.2 Å². The van der Waals surface area contributed by atoms with Crippen LogP contribution in [0.5, 0.6) is 0 Å². The monoisotopic (exact) mass is 434 g/mol. The number of rotatable bonds is 3. The van der Waals surface area contributed by atoms with Gasteiger partial charge in [-0.15, -0.1) is 11.6 Å². The molecule has 2 aromatic rings. The van der Waals surface area contributed by atoms with E-state index < -0.39 is 0 Å². The summed E-state index contributed by atoms with van der Waals surface area (Å²) in [5.74, 6) is 0. The van der Waals surface area contributed by atoms with E-state index in [9.17, 15) is 0 Å². The molecule has 0 nitrogen and oxygen atoms in total. The summed E-state index contributed by atoms with van der Waals surface area (Å²) in [7, 11) is 0. The van der Waals surface area contributed by atoms with Gasteiger partial charge in [0, 0.05) is 8.04 Å². The van der Waals surface area contributed by atoms with Gasteiger partial charge in [0.2, 0.25) is 0 Å². The van der Waals surface area contributed by atoms with E-state index in [0.29, 0.717) is 0 Å². The van der Waals surface area contributed by atoms with Crippen LogP contribution in [-0.4, -0.2) is 0 Å². The van der Waals surface area contributed by atoms with Crippen LogP contribution in [0.25, 0.3) is 0 Å². The van der Waals surface area contributed by atoms with Crippen molar-refractivity contribution < 1.29 is 0 Å². The third kappa shape index (κ3) is 3.28. The minimum atomic E-state index is -0.0969. The molecule has 3 heteroatoms. The summed E-state index contributed by atoms with van der Waals surface area (Å²) < 4.78 is 2.25. The molecule has 0 saturated carbocycles.